The summed E-state index contributed by atoms with van der Waals surface area (Å²) in [6.07, 6.45) is 6.60. The van der Waals surface area contributed by atoms with E-state index in [2.05, 4.69) is 18.8 Å². The van der Waals surface area contributed by atoms with Crippen molar-refractivity contribution in [3.63, 3.8) is 0 Å². The second-order valence-electron chi connectivity index (χ2n) is 9.30. The first kappa shape index (κ1) is 31.4. The SMILES string of the molecule is CCCCCCCCCCC#Cc1cccc(CN(Cc2ccc(C(F)(F)F)cc2)OCC(=O)OCC)c1. The van der Waals surface area contributed by atoms with Gasteiger partial charge in [0.25, 0.3) is 0 Å². The summed E-state index contributed by atoms with van der Waals surface area (Å²) in [7, 11) is 0. The van der Waals surface area contributed by atoms with E-state index in [4.69, 9.17) is 9.57 Å². The van der Waals surface area contributed by atoms with E-state index < -0.39 is 17.7 Å². The standard InChI is InChI=1S/C31H40F3NO3/c1-3-5-6-7-8-9-10-11-12-13-15-26-16-14-17-28(22-26)24-35(38-25-30(36)37-4-2)23-27-18-20-29(21-19-27)31(32,33)34/h14,16-22H,3-12,23-25H2,1-2H3. The molecule has 208 valence electrons. The van der Waals surface area contributed by atoms with Gasteiger partial charge >= 0.3 is 12.1 Å². The summed E-state index contributed by atoms with van der Waals surface area (Å²) >= 11 is 0. The highest BCUT2D eigenvalue weighted by Crippen LogP contribution is 2.29. The van der Waals surface area contributed by atoms with Crippen LogP contribution in [0.4, 0.5) is 13.2 Å². The third kappa shape index (κ3) is 13.1. The third-order valence-electron chi connectivity index (χ3n) is 5.98. The van der Waals surface area contributed by atoms with Crippen molar-refractivity contribution < 1.29 is 27.5 Å². The molecule has 0 aliphatic carbocycles. The number of benzene rings is 2. The van der Waals surface area contributed by atoms with Crippen LogP contribution in [0.2, 0.25) is 0 Å². The summed E-state index contributed by atoms with van der Waals surface area (Å²) in [6, 6.07) is 12.7. The van der Waals surface area contributed by atoms with Crippen LogP contribution < -0.4 is 0 Å². The van der Waals surface area contributed by atoms with Crippen LogP contribution in [0.15, 0.2) is 48.5 Å². The van der Waals surface area contributed by atoms with Crippen LogP contribution in [0.25, 0.3) is 0 Å². The fraction of sp³-hybridized carbons (Fsp3) is 0.516. The lowest BCUT2D eigenvalue weighted by Crippen LogP contribution is -2.27. The van der Waals surface area contributed by atoms with Gasteiger partial charge in [0.05, 0.1) is 12.2 Å². The van der Waals surface area contributed by atoms with Gasteiger partial charge in [-0.2, -0.15) is 18.2 Å². The second-order valence-corrected chi connectivity index (χ2v) is 9.30. The topological polar surface area (TPSA) is 38.8 Å². The van der Waals surface area contributed by atoms with Crippen molar-refractivity contribution in [1.82, 2.24) is 5.06 Å². The molecule has 0 saturated carbocycles. The molecule has 0 atom stereocenters. The van der Waals surface area contributed by atoms with E-state index in [9.17, 15) is 18.0 Å². The van der Waals surface area contributed by atoms with E-state index in [0.717, 1.165) is 36.1 Å². The quantitative estimate of drug-likeness (QED) is 0.0950. The molecule has 0 fully saturated rings. The minimum atomic E-state index is -4.39. The number of carbonyl (C=O) groups excluding carboxylic acids is 1. The molecule has 2 rings (SSSR count). The van der Waals surface area contributed by atoms with E-state index in [-0.39, 0.29) is 19.8 Å². The lowest BCUT2D eigenvalue weighted by Gasteiger charge is -2.22. The van der Waals surface area contributed by atoms with Crippen molar-refractivity contribution in [2.75, 3.05) is 13.2 Å². The van der Waals surface area contributed by atoms with Gasteiger partial charge in [-0.15, -0.1) is 0 Å². The molecule has 0 bridgehead atoms. The number of alkyl halides is 3. The molecular formula is C31H40F3NO3. The molecule has 0 radical (unpaired) electrons. The molecule has 0 heterocycles. The predicted octanol–water partition coefficient (Wildman–Crippen LogP) is 8.08. The van der Waals surface area contributed by atoms with Gasteiger partial charge in [0, 0.05) is 25.1 Å². The van der Waals surface area contributed by atoms with Gasteiger partial charge < -0.3 is 4.74 Å². The minimum absolute atomic E-state index is 0.200. The van der Waals surface area contributed by atoms with Crippen molar-refractivity contribution in [2.45, 2.75) is 90.9 Å². The van der Waals surface area contributed by atoms with Crippen molar-refractivity contribution >= 4 is 5.97 Å². The van der Waals surface area contributed by atoms with Crippen LogP contribution >= 0.6 is 0 Å². The van der Waals surface area contributed by atoms with Gasteiger partial charge in [0.2, 0.25) is 0 Å². The zero-order valence-corrected chi connectivity index (χ0v) is 22.6. The van der Waals surface area contributed by atoms with Crippen molar-refractivity contribution in [2.24, 2.45) is 0 Å². The lowest BCUT2D eigenvalue weighted by molar-refractivity contribution is -0.193. The summed E-state index contributed by atoms with van der Waals surface area (Å²) in [6.45, 7) is 4.42. The number of nitrogens with zero attached hydrogens (tertiary/aromatic N) is 1. The van der Waals surface area contributed by atoms with Gasteiger partial charge in [0.1, 0.15) is 0 Å². The van der Waals surface area contributed by atoms with E-state index >= 15 is 0 Å². The van der Waals surface area contributed by atoms with Crippen molar-refractivity contribution in [1.29, 1.82) is 0 Å². The molecule has 7 heteroatoms. The van der Waals surface area contributed by atoms with Crippen LogP contribution in [0.3, 0.4) is 0 Å². The summed E-state index contributed by atoms with van der Waals surface area (Å²) in [5.41, 5.74) is 1.73. The molecule has 0 spiro atoms. The Hall–Kier alpha value is -2.82. The smallest absolute Gasteiger partial charge is 0.416 e. The highest BCUT2D eigenvalue weighted by molar-refractivity contribution is 5.70. The van der Waals surface area contributed by atoms with Crippen LogP contribution in [-0.2, 0) is 33.6 Å². The normalized spacial score (nSPS) is 11.3. The Morgan fingerprint density at radius 2 is 1.53 bits per heavy atom. The Labute approximate surface area is 225 Å². The highest BCUT2D eigenvalue weighted by Gasteiger charge is 2.30. The monoisotopic (exact) mass is 531 g/mol. The highest BCUT2D eigenvalue weighted by atomic mass is 19.4. The molecule has 0 saturated heterocycles. The van der Waals surface area contributed by atoms with E-state index in [1.54, 1.807) is 12.0 Å². The van der Waals surface area contributed by atoms with Crippen LogP contribution in [0.5, 0.6) is 0 Å². The number of hydroxylamine groups is 2. The van der Waals surface area contributed by atoms with Gasteiger partial charge in [-0.1, -0.05) is 88.0 Å². The fourth-order valence-corrected chi connectivity index (χ4v) is 3.96. The van der Waals surface area contributed by atoms with E-state index in [1.165, 1.54) is 57.1 Å². The molecule has 0 amide bonds. The number of ether oxygens (including phenoxy) is 1. The first-order valence-corrected chi connectivity index (χ1v) is 13.6. The van der Waals surface area contributed by atoms with E-state index in [0.29, 0.717) is 12.1 Å². The molecule has 38 heavy (non-hydrogen) atoms. The summed E-state index contributed by atoms with van der Waals surface area (Å²) in [5, 5.41) is 1.55. The maximum atomic E-state index is 12.9. The van der Waals surface area contributed by atoms with E-state index in [1.807, 2.05) is 24.3 Å². The molecule has 0 aromatic heterocycles. The summed E-state index contributed by atoms with van der Waals surface area (Å²) < 4.78 is 43.7. The molecule has 4 nitrogen and oxygen atoms in total. The number of carbonyl (C=O) groups is 1. The Kier molecular flexibility index (Phi) is 14.6. The Morgan fingerprint density at radius 3 is 2.18 bits per heavy atom. The summed E-state index contributed by atoms with van der Waals surface area (Å²) in [5.74, 6) is 5.97. The number of hydrogen-bond donors (Lipinski definition) is 0. The third-order valence-corrected chi connectivity index (χ3v) is 5.98. The fourth-order valence-electron chi connectivity index (χ4n) is 3.96. The number of rotatable bonds is 16. The van der Waals surface area contributed by atoms with Crippen molar-refractivity contribution in [3.05, 3.63) is 70.8 Å². The van der Waals surface area contributed by atoms with Crippen LogP contribution in [0, 0.1) is 11.8 Å². The minimum Gasteiger partial charge on any atom is -0.464 e. The zero-order valence-electron chi connectivity index (χ0n) is 22.6. The van der Waals surface area contributed by atoms with Gasteiger partial charge in [-0.3, -0.25) is 4.84 Å². The average Bonchev–Trinajstić information content (AvgIpc) is 2.88. The van der Waals surface area contributed by atoms with Gasteiger partial charge in [-0.05, 0) is 48.7 Å². The predicted molar refractivity (Wildman–Crippen MR) is 144 cm³/mol. The maximum absolute atomic E-state index is 12.9. The lowest BCUT2D eigenvalue weighted by atomic mass is 10.1. The largest absolute Gasteiger partial charge is 0.464 e. The first-order chi connectivity index (χ1) is 18.3. The maximum Gasteiger partial charge on any atom is 0.416 e. The second kappa shape index (κ2) is 17.6. The molecular weight excluding hydrogens is 491 g/mol. The number of esters is 1. The van der Waals surface area contributed by atoms with Crippen molar-refractivity contribution in [3.8, 4) is 11.8 Å². The molecule has 0 aliphatic rings. The first-order valence-electron chi connectivity index (χ1n) is 13.6. The molecule has 0 N–H and O–H groups in total. The summed E-state index contributed by atoms with van der Waals surface area (Å²) in [4.78, 5) is 17.5. The number of halogens is 3. The molecule has 2 aromatic rings. The zero-order chi connectivity index (χ0) is 27.6. The van der Waals surface area contributed by atoms with Gasteiger partial charge in [0.15, 0.2) is 6.61 Å². The van der Waals surface area contributed by atoms with Gasteiger partial charge in [-0.25, -0.2) is 4.79 Å². The Balaban J connectivity index is 1.94. The molecule has 0 aliphatic heterocycles. The van der Waals surface area contributed by atoms with Crippen LogP contribution in [0.1, 0.15) is 93.9 Å². The number of unbranched alkanes of at least 4 members (excludes halogenated alkanes) is 8. The average molecular weight is 532 g/mol. The molecule has 0 unspecified atom stereocenters. The Bertz CT molecular complexity index is 1010. The van der Waals surface area contributed by atoms with Crippen LogP contribution in [-0.4, -0.2) is 24.2 Å². The molecule has 2 aromatic carbocycles. The number of hydrogen-bond acceptors (Lipinski definition) is 4. The Morgan fingerprint density at radius 1 is 0.868 bits per heavy atom.